The van der Waals surface area contributed by atoms with E-state index < -0.39 is 0 Å². The van der Waals surface area contributed by atoms with E-state index in [1.807, 2.05) is 30.7 Å². The smallest absolute Gasteiger partial charge is 0.275 e. The van der Waals surface area contributed by atoms with Crippen molar-refractivity contribution < 1.29 is 4.79 Å². The Kier molecular flexibility index (Phi) is 5.74. The Morgan fingerprint density at radius 1 is 1.25 bits per heavy atom. The van der Waals surface area contributed by atoms with Crippen LogP contribution in [0.25, 0.3) is 5.69 Å². The number of aromatic nitrogens is 4. The third kappa shape index (κ3) is 3.63. The minimum absolute atomic E-state index is 0.127. The Hall–Kier alpha value is -2.41. The Morgan fingerprint density at radius 2 is 1.93 bits per heavy atom. The van der Waals surface area contributed by atoms with Crippen molar-refractivity contribution in [2.75, 3.05) is 7.05 Å². The van der Waals surface area contributed by atoms with Crippen molar-refractivity contribution in [2.45, 2.75) is 47.1 Å². The number of aryl methyl sites for hydroxylation is 2. The van der Waals surface area contributed by atoms with Crippen LogP contribution in [0.3, 0.4) is 0 Å². The first kappa shape index (κ1) is 20.3. The molecule has 148 valence electrons. The molecule has 0 fully saturated rings. The van der Waals surface area contributed by atoms with Crippen molar-refractivity contribution in [3.05, 3.63) is 62.6 Å². The molecule has 0 radical (unpaired) electrons. The molecule has 3 aromatic rings. The Labute approximate surface area is 174 Å². The highest BCUT2D eigenvalue weighted by atomic mass is 79.9. The van der Waals surface area contributed by atoms with E-state index in [-0.39, 0.29) is 11.8 Å². The molecule has 0 aliphatic carbocycles. The number of halogens is 1. The van der Waals surface area contributed by atoms with Crippen LogP contribution in [0, 0.1) is 20.8 Å². The lowest BCUT2D eigenvalue weighted by molar-refractivity contribution is 0.0778. The fourth-order valence-corrected chi connectivity index (χ4v) is 4.10. The predicted molar refractivity (Wildman–Crippen MR) is 114 cm³/mol. The number of carbonyl (C=O) groups excluding carboxylic acids is 1. The summed E-state index contributed by atoms with van der Waals surface area (Å²) < 4.78 is 2.70. The van der Waals surface area contributed by atoms with E-state index in [1.54, 1.807) is 11.9 Å². The maximum Gasteiger partial charge on any atom is 0.275 e. The van der Waals surface area contributed by atoms with E-state index in [0.717, 1.165) is 38.4 Å². The topological polar surface area (TPSA) is 66.8 Å². The molecule has 1 N–H and O–H groups in total. The van der Waals surface area contributed by atoms with E-state index in [1.165, 1.54) is 0 Å². The van der Waals surface area contributed by atoms with Crippen molar-refractivity contribution in [2.24, 2.45) is 0 Å². The van der Waals surface area contributed by atoms with Gasteiger partial charge in [0.25, 0.3) is 5.91 Å². The lowest BCUT2D eigenvalue weighted by Crippen LogP contribution is -2.27. The van der Waals surface area contributed by atoms with Crippen molar-refractivity contribution in [3.8, 4) is 5.69 Å². The number of nitrogens with zero attached hydrogens (tertiary/aromatic N) is 4. The molecule has 2 aromatic heterocycles. The normalized spacial score (nSPS) is 11.3. The van der Waals surface area contributed by atoms with Crippen LogP contribution in [0.2, 0.25) is 0 Å². The molecule has 1 aromatic carbocycles. The molecule has 0 unspecified atom stereocenters. The quantitative estimate of drug-likeness (QED) is 0.622. The molecule has 3 rings (SSSR count). The summed E-state index contributed by atoms with van der Waals surface area (Å²) in [4.78, 5) is 14.6. The summed E-state index contributed by atoms with van der Waals surface area (Å²) in [5, 5.41) is 11.9. The van der Waals surface area contributed by atoms with Gasteiger partial charge in [-0.1, -0.05) is 32.0 Å². The second-order valence-corrected chi connectivity index (χ2v) is 8.26. The molecule has 7 heteroatoms. The summed E-state index contributed by atoms with van der Waals surface area (Å²) in [5.41, 5.74) is 6.56. The van der Waals surface area contributed by atoms with Crippen molar-refractivity contribution in [1.82, 2.24) is 24.9 Å². The highest BCUT2D eigenvalue weighted by Crippen LogP contribution is 2.27. The van der Waals surface area contributed by atoms with Crippen LogP contribution in [0.5, 0.6) is 0 Å². The van der Waals surface area contributed by atoms with Crippen molar-refractivity contribution >= 4 is 21.8 Å². The molecule has 28 heavy (non-hydrogen) atoms. The fourth-order valence-electron chi connectivity index (χ4n) is 3.30. The third-order valence-electron chi connectivity index (χ3n) is 5.04. The highest BCUT2D eigenvalue weighted by Gasteiger charge is 2.24. The number of hydrogen-bond acceptors (Lipinski definition) is 3. The van der Waals surface area contributed by atoms with Crippen molar-refractivity contribution in [3.63, 3.8) is 0 Å². The molecule has 1 amide bonds. The van der Waals surface area contributed by atoms with Crippen LogP contribution in [0.1, 0.15) is 58.5 Å². The van der Waals surface area contributed by atoms with Gasteiger partial charge in [-0.2, -0.15) is 10.2 Å². The lowest BCUT2D eigenvalue weighted by atomic mass is 10.1. The zero-order valence-corrected chi connectivity index (χ0v) is 18.8. The minimum atomic E-state index is -0.127. The first-order valence-corrected chi connectivity index (χ1v) is 10.1. The summed E-state index contributed by atoms with van der Waals surface area (Å²) in [7, 11) is 1.79. The lowest BCUT2D eigenvalue weighted by Gasteiger charge is -2.17. The number of rotatable bonds is 5. The number of hydrogen-bond donors (Lipinski definition) is 1. The Morgan fingerprint density at radius 3 is 2.54 bits per heavy atom. The zero-order valence-electron chi connectivity index (χ0n) is 17.2. The second-order valence-electron chi connectivity index (χ2n) is 7.46. The average molecular weight is 444 g/mol. The molecule has 0 spiro atoms. The SMILES string of the molecule is Cc1ccccc1-n1nc(C)c(CN(C)C(=O)c2n[nH]c(C(C)C)c2Br)c1C. The molecule has 0 aliphatic rings. The van der Waals surface area contributed by atoms with Gasteiger partial charge >= 0.3 is 0 Å². The monoisotopic (exact) mass is 443 g/mol. The van der Waals surface area contributed by atoms with Crippen LogP contribution in [0.4, 0.5) is 0 Å². The number of carbonyl (C=O) groups is 1. The van der Waals surface area contributed by atoms with Crippen LogP contribution < -0.4 is 0 Å². The van der Waals surface area contributed by atoms with Gasteiger partial charge < -0.3 is 4.90 Å². The van der Waals surface area contributed by atoms with E-state index in [0.29, 0.717) is 12.2 Å². The van der Waals surface area contributed by atoms with Gasteiger partial charge in [0.15, 0.2) is 5.69 Å². The summed E-state index contributed by atoms with van der Waals surface area (Å²) in [6.07, 6.45) is 0. The number of benzene rings is 1. The van der Waals surface area contributed by atoms with Gasteiger partial charge in [-0.3, -0.25) is 9.89 Å². The predicted octanol–water partition coefficient (Wildman–Crippen LogP) is 4.68. The van der Waals surface area contributed by atoms with Gasteiger partial charge in [-0.25, -0.2) is 4.68 Å². The van der Waals surface area contributed by atoms with E-state index in [9.17, 15) is 4.79 Å². The molecule has 2 heterocycles. The zero-order chi connectivity index (χ0) is 20.6. The van der Waals surface area contributed by atoms with Gasteiger partial charge in [0, 0.05) is 24.8 Å². The second kappa shape index (κ2) is 7.91. The number of amides is 1. The number of H-pyrrole nitrogens is 1. The van der Waals surface area contributed by atoms with Crippen molar-refractivity contribution in [1.29, 1.82) is 0 Å². The standard InChI is InChI=1S/C21H26BrN5O/c1-12(2)19-18(22)20(24-23-19)21(28)26(6)11-16-14(4)25-27(15(16)5)17-10-8-7-9-13(17)3/h7-10,12H,11H2,1-6H3,(H,23,24). The highest BCUT2D eigenvalue weighted by molar-refractivity contribution is 9.10. The summed E-state index contributed by atoms with van der Waals surface area (Å²) in [5.74, 6) is 0.128. The van der Waals surface area contributed by atoms with E-state index in [2.05, 4.69) is 59.0 Å². The first-order chi connectivity index (χ1) is 13.2. The fraction of sp³-hybridized carbons (Fsp3) is 0.381. The molecule has 0 saturated carbocycles. The molecule has 0 saturated heterocycles. The summed E-state index contributed by atoms with van der Waals surface area (Å²) >= 11 is 3.52. The average Bonchev–Trinajstić information content (AvgIpc) is 3.16. The third-order valence-corrected chi connectivity index (χ3v) is 5.84. The molecular formula is C21H26BrN5O. The van der Waals surface area contributed by atoms with Crippen LogP contribution in [0.15, 0.2) is 28.7 Å². The number of aromatic amines is 1. The van der Waals surface area contributed by atoms with E-state index >= 15 is 0 Å². The van der Waals surface area contributed by atoms with Gasteiger partial charge in [0.2, 0.25) is 0 Å². The molecular weight excluding hydrogens is 418 g/mol. The summed E-state index contributed by atoms with van der Waals surface area (Å²) in [6, 6.07) is 8.16. The Balaban J connectivity index is 1.88. The molecule has 0 bridgehead atoms. The van der Waals surface area contributed by atoms with Crippen LogP contribution in [-0.4, -0.2) is 37.8 Å². The van der Waals surface area contributed by atoms with Gasteiger partial charge in [-0.15, -0.1) is 0 Å². The largest absolute Gasteiger partial charge is 0.336 e. The molecule has 6 nitrogen and oxygen atoms in total. The number of nitrogens with one attached hydrogen (secondary N) is 1. The van der Waals surface area contributed by atoms with Gasteiger partial charge in [-0.05, 0) is 54.2 Å². The minimum Gasteiger partial charge on any atom is -0.336 e. The summed E-state index contributed by atoms with van der Waals surface area (Å²) in [6.45, 7) is 10.7. The molecule has 0 aliphatic heterocycles. The van der Waals surface area contributed by atoms with Gasteiger partial charge in [0.05, 0.1) is 21.5 Å². The van der Waals surface area contributed by atoms with Crippen LogP contribution >= 0.6 is 15.9 Å². The maximum absolute atomic E-state index is 12.9. The van der Waals surface area contributed by atoms with Crippen LogP contribution in [-0.2, 0) is 6.54 Å². The maximum atomic E-state index is 12.9. The first-order valence-electron chi connectivity index (χ1n) is 9.32. The van der Waals surface area contributed by atoms with E-state index in [4.69, 9.17) is 5.10 Å². The molecule has 0 atom stereocenters. The van der Waals surface area contributed by atoms with Gasteiger partial charge in [0.1, 0.15) is 0 Å². The Bertz CT molecular complexity index is 1020. The number of para-hydroxylation sites is 1.